The Morgan fingerprint density at radius 1 is 1.55 bits per heavy atom. The van der Waals surface area contributed by atoms with Crippen LogP contribution in [-0.2, 0) is 0 Å². The third-order valence-electron chi connectivity index (χ3n) is 1.15. The number of hydrogen-bond donors (Lipinski definition) is 1. The molecule has 0 saturated heterocycles. The van der Waals surface area contributed by atoms with E-state index in [4.69, 9.17) is 16.7 Å². The van der Waals surface area contributed by atoms with Crippen LogP contribution in [0.2, 0.25) is 0 Å². The Labute approximate surface area is 70.2 Å². The van der Waals surface area contributed by atoms with Crippen LogP contribution in [0, 0.1) is 0 Å². The molecule has 0 unspecified atom stereocenters. The number of halogens is 1. The standard InChI is InChI=1S/C8H8ClNO/c9-5-1-2-7-3-4-8(11)6-10-7/h1-4,6,11H,5H2. The Balaban J connectivity index is 2.73. The van der Waals surface area contributed by atoms with Crippen LogP contribution in [0.3, 0.4) is 0 Å². The lowest BCUT2D eigenvalue weighted by atomic mass is 10.3. The molecule has 11 heavy (non-hydrogen) atoms. The predicted molar refractivity (Wildman–Crippen MR) is 45.7 cm³/mol. The summed E-state index contributed by atoms with van der Waals surface area (Å²) in [6, 6.07) is 3.30. The van der Waals surface area contributed by atoms with E-state index in [-0.39, 0.29) is 5.75 Å². The summed E-state index contributed by atoms with van der Waals surface area (Å²) in [6.07, 6.45) is 4.99. The van der Waals surface area contributed by atoms with Crippen molar-refractivity contribution in [2.75, 3.05) is 5.88 Å². The van der Waals surface area contributed by atoms with Gasteiger partial charge >= 0.3 is 0 Å². The fraction of sp³-hybridized carbons (Fsp3) is 0.125. The number of hydrogen-bond acceptors (Lipinski definition) is 2. The molecule has 0 saturated carbocycles. The van der Waals surface area contributed by atoms with Crippen LogP contribution >= 0.6 is 11.6 Å². The van der Waals surface area contributed by atoms with Crippen molar-refractivity contribution in [1.29, 1.82) is 0 Å². The topological polar surface area (TPSA) is 33.1 Å². The van der Waals surface area contributed by atoms with Gasteiger partial charge in [0.1, 0.15) is 5.75 Å². The number of pyridine rings is 1. The smallest absolute Gasteiger partial charge is 0.133 e. The molecule has 0 radical (unpaired) electrons. The second-order valence-corrected chi connectivity index (χ2v) is 2.31. The maximum Gasteiger partial charge on any atom is 0.133 e. The van der Waals surface area contributed by atoms with Gasteiger partial charge in [-0.05, 0) is 18.2 Å². The maximum absolute atomic E-state index is 8.87. The van der Waals surface area contributed by atoms with Gasteiger partial charge in [-0.1, -0.05) is 6.08 Å². The van der Waals surface area contributed by atoms with Gasteiger partial charge in [-0.25, -0.2) is 0 Å². The van der Waals surface area contributed by atoms with Crippen molar-refractivity contribution in [2.24, 2.45) is 0 Å². The number of rotatable bonds is 2. The monoisotopic (exact) mass is 169 g/mol. The highest BCUT2D eigenvalue weighted by Gasteiger charge is 1.87. The molecule has 0 fully saturated rings. The molecule has 1 heterocycles. The van der Waals surface area contributed by atoms with Gasteiger partial charge in [-0.2, -0.15) is 0 Å². The summed E-state index contributed by atoms with van der Waals surface area (Å²) in [4.78, 5) is 3.92. The first-order valence-corrected chi connectivity index (χ1v) is 3.74. The third kappa shape index (κ3) is 2.60. The van der Waals surface area contributed by atoms with Crippen molar-refractivity contribution in [3.63, 3.8) is 0 Å². The van der Waals surface area contributed by atoms with Crippen molar-refractivity contribution in [1.82, 2.24) is 4.98 Å². The second-order valence-electron chi connectivity index (χ2n) is 2.00. The fourth-order valence-corrected chi connectivity index (χ4v) is 0.750. The molecule has 0 aliphatic rings. The summed E-state index contributed by atoms with van der Waals surface area (Å²) in [5.41, 5.74) is 0.795. The largest absolute Gasteiger partial charge is 0.506 e. The Kier molecular flexibility index (Phi) is 2.93. The molecule has 0 aliphatic carbocycles. The van der Waals surface area contributed by atoms with Crippen molar-refractivity contribution >= 4 is 17.7 Å². The molecule has 1 aromatic heterocycles. The molecule has 0 amide bonds. The molecule has 0 bridgehead atoms. The van der Waals surface area contributed by atoms with Gasteiger partial charge in [-0.15, -0.1) is 11.6 Å². The first-order chi connectivity index (χ1) is 5.33. The molecule has 0 aromatic carbocycles. The Hall–Kier alpha value is -1.02. The maximum atomic E-state index is 8.87. The summed E-state index contributed by atoms with van der Waals surface area (Å²) in [5.74, 6) is 0.649. The first kappa shape index (κ1) is 8.08. The van der Waals surface area contributed by atoms with Crippen LogP contribution in [-0.4, -0.2) is 16.0 Å². The molecule has 1 N–H and O–H groups in total. The Morgan fingerprint density at radius 2 is 2.36 bits per heavy atom. The quantitative estimate of drug-likeness (QED) is 0.688. The van der Waals surface area contributed by atoms with Crippen LogP contribution in [0.25, 0.3) is 6.08 Å². The fourth-order valence-electron chi connectivity index (χ4n) is 0.661. The molecule has 0 spiro atoms. The van der Waals surface area contributed by atoms with Crippen molar-refractivity contribution in [3.05, 3.63) is 30.1 Å². The minimum Gasteiger partial charge on any atom is -0.506 e. The van der Waals surface area contributed by atoms with Gasteiger partial charge in [-0.3, -0.25) is 4.98 Å². The average molecular weight is 170 g/mol. The third-order valence-corrected chi connectivity index (χ3v) is 1.33. The normalized spacial score (nSPS) is 10.6. The zero-order valence-corrected chi connectivity index (χ0v) is 6.62. The molecular formula is C8H8ClNO. The van der Waals surface area contributed by atoms with Gasteiger partial charge in [0.25, 0.3) is 0 Å². The number of allylic oxidation sites excluding steroid dienone is 1. The van der Waals surface area contributed by atoms with E-state index in [1.807, 2.05) is 0 Å². The van der Waals surface area contributed by atoms with Gasteiger partial charge in [0.05, 0.1) is 11.9 Å². The zero-order chi connectivity index (χ0) is 8.10. The Bertz CT molecular complexity index is 243. The van der Waals surface area contributed by atoms with Crippen LogP contribution in [0.15, 0.2) is 24.4 Å². The van der Waals surface area contributed by atoms with E-state index in [0.29, 0.717) is 5.88 Å². The van der Waals surface area contributed by atoms with Gasteiger partial charge in [0.15, 0.2) is 0 Å². The van der Waals surface area contributed by atoms with Gasteiger partial charge < -0.3 is 5.11 Å². The summed E-state index contributed by atoms with van der Waals surface area (Å²) in [6.45, 7) is 0. The highest BCUT2D eigenvalue weighted by molar-refractivity contribution is 6.19. The van der Waals surface area contributed by atoms with Gasteiger partial charge in [0, 0.05) is 5.88 Å². The first-order valence-electron chi connectivity index (χ1n) is 3.20. The van der Waals surface area contributed by atoms with Crippen LogP contribution < -0.4 is 0 Å². The SMILES string of the molecule is Oc1ccc(C=CCCl)nc1. The van der Waals surface area contributed by atoms with Crippen LogP contribution in [0.1, 0.15) is 5.69 Å². The molecule has 2 nitrogen and oxygen atoms in total. The molecular weight excluding hydrogens is 162 g/mol. The molecule has 1 aromatic rings. The number of alkyl halides is 1. The van der Waals surface area contributed by atoms with Crippen molar-refractivity contribution in [2.45, 2.75) is 0 Å². The van der Waals surface area contributed by atoms with Crippen molar-refractivity contribution in [3.8, 4) is 5.75 Å². The lowest BCUT2D eigenvalue weighted by molar-refractivity contribution is 0.472. The highest BCUT2D eigenvalue weighted by Crippen LogP contribution is 2.06. The van der Waals surface area contributed by atoms with E-state index in [1.54, 1.807) is 24.3 Å². The van der Waals surface area contributed by atoms with E-state index in [1.165, 1.54) is 6.20 Å². The minimum absolute atomic E-state index is 0.174. The lowest BCUT2D eigenvalue weighted by Crippen LogP contribution is -1.77. The van der Waals surface area contributed by atoms with Gasteiger partial charge in [0.2, 0.25) is 0 Å². The summed E-state index contributed by atoms with van der Waals surface area (Å²) in [7, 11) is 0. The summed E-state index contributed by atoms with van der Waals surface area (Å²) in [5, 5.41) is 8.87. The minimum atomic E-state index is 0.174. The molecule has 0 aliphatic heterocycles. The number of aromatic nitrogens is 1. The average Bonchev–Trinajstić information content (AvgIpc) is 2.04. The van der Waals surface area contributed by atoms with E-state index in [9.17, 15) is 0 Å². The molecule has 1 rings (SSSR count). The lowest BCUT2D eigenvalue weighted by Gasteiger charge is -1.91. The zero-order valence-electron chi connectivity index (χ0n) is 5.87. The van der Waals surface area contributed by atoms with Crippen molar-refractivity contribution < 1.29 is 5.11 Å². The van der Waals surface area contributed by atoms with E-state index in [0.717, 1.165) is 5.69 Å². The van der Waals surface area contributed by atoms with Crippen LogP contribution in [0.4, 0.5) is 0 Å². The number of nitrogens with zero attached hydrogens (tertiary/aromatic N) is 1. The summed E-state index contributed by atoms with van der Waals surface area (Å²) < 4.78 is 0. The van der Waals surface area contributed by atoms with E-state index in [2.05, 4.69) is 4.98 Å². The Morgan fingerprint density at radius 3 is 2.91 bits per heavy atom. The molecule has 0 atom stereocenters. The molecule has 3 heteroatoms. The molecule has 58 valence electrons. The number of aromatic hydroxyl groups is 1. The predicted octanol–water partition coefficient (Wildman–Crippen LogP) is 2.04. The van der Waals surface area contributed by atoms with E-state index >= 15 is 0 Å². The van der Waals surface area contributed by atoms with E-state index < -0.39 is 0 Å². The summed E-state index contributed by atoms with van der Waals surface area (Å²) >= 11 is 5.42. The van der Waals surface area contributed by atoms with Crippen LogP contribution in [0.5, 0.6) is 5.75 Å². The second kappa shape index (κ2) is 3.98. The highest BCUT2D eigenvalue weighted by atomic mass is 35.5.